The second-order valence-electron chi connectivity index (χ2n) is 8.10. The molecule has 1 unspecified atom stereocenters. The van der Waals surface area contributed by atoms with E-state index >= 15 is 0 Å². The van der Waals surface area contributed by atoms with Crippen LogP contribution in [0.15, 0.2) is 42.7 Å². The van der Waals surface area contributed by atoms with Crippen molar-refractivity contribution in [3.05, 3.63) is 63.9 Å². The molecule has 160 valence electrons. The molecule has 2 saturated heterocycles. The molecule has 31 heavy (non-hydrogen) atoms. The van der Waals surface area contributed by atoms with Crippen molar-refractivity contribution in [2.24, 2.45) is 11.8 Å². The van der Waals surface area contributed by atoms with E-state index in [-0.39, 0.29) is 30.4 Å². The normalized spacial score (nSPS) is 20.3. The van der Waals surface area contributed by atoms with Gasteiger partial charge in [0.2, 0.25) is 0 Å². The Morgan fingerprint density at radius 2 is 1.68 bits per heavy atom. The molecule has 9 heteroatoms. The maximum absolute atomic E-state index is 12.9. The summed E-state index contributed by atoms with van der Waals surface area (Å²) in [5, 5.41) is 1.01. The molecule has 0 radical (unpaired) electrons. The Bertz CT molecular complexity index is 1130. The minimum Gasteiger partial charge on any atom is -0.445 e. The first-order valence-electron chi connectivity index (χ1n) is 10.1. The van der Waals surface area contributed by atoms with Crippen molar-refractivity contribution in [2.75, 3.05) is 26.2 Å². The Balaban J connectivity index is 1.16. The molecule has 0 bridgehead atoms. The Labute approximate surface area is 188 Å². The molecule has 1 aromatic heterocycles. The number of nitrogens with one attached hydrogen (secondary N) is 1. The van der Waals surface area contributed by atoms with Gasteiger partial charge in [-0.15, -0.1) is 0 Å². The molecule has 2 aliphatic heterocycles. The van der Waals surface area contributed by atoms with Gasteiger partial charge in [-0.25, -0.2) is 9.78 Å². The maximum atomic E-state index is 12.9. The van der Waals surface area contributed by atoms with Crippen LogP contribution in [0.4, 0.5) is 4.79 Å². The number of H-pyrrole nitrogens is 1. The quantitative estimate of drug-likeness (QED) is 0.637. The molecule has 0 saturated carbocycles. The lowest BCUT2D eigenvalue weighted by atomic mass is 10.0. The number of nitrogens with zero attached hydrogens (tertiary/aromatic N) is 3. The van der Waals surface area contributed by atoms with Crippen molar-refractivity contribution in [2.45, 2.75) is 6.61 Å². The fourth-order valence-electron chi connectivity index (χ4n) is 4.49. The molecule has 7 nitrogen and oxygen atoms in total. The average Bonchev–Trinajstić information content (AvgIpc) is 3.44. The van der Waals surface area contributed by atoms with Gasteiger partial charge in [0.15, 0.2) is 0 Å². The van der Waals surface area contributed by atoms with Crippen LogP contribution in [-0.4, -0.2) is 57.9 Å². The number of rotatable bonds is 3. The van der Waals surface area contributed by atoms with Crippen molar-refractivity contribution in [3.8, 4) is 0 Å². The van der Waals surface area contributed by atoms with Gasteiger partial charge in [-0.1, -0.05) is 23.2 Å². The predicted octanol–water partition coefficient (Wildman–Crippen LogP) is 4.21. The van der Waals surface area contributed by atoms with Gasteiger partial charge in [-0.3, -0.25) is 4.79 Å². The Kier molecular flexibility index (Phi) is 5.24. The number of hydrogen-bond donors (Lipinski definition) is 1. The Morgan fingerprint density at radius 3 is 2.39 bits per heavy atom. The zero-order chi connectivity index (χ0) is 21.5. The number of imidazole rings is 1. The summed E-state index contributed by atoms with van der Waals surface area (Å²) in [6.45, 7) is 2.56. The number of aromatic nitrogens is 2. The van der Waals surface area contributed by atoms with Crippen LogP contribution in [-0.2, 0) is 11.3 Å². The molecular weight excluding hydrogens is 439 g/mol. The zero-order valence-corrected chi connectivity index (χ0v) is 18.1. The van der Waals surface area contributed by atoms with Gasteiger partial charge >= 0.3 is 6.09 Å². The number of halogens is 2. The number of fused-ring (bicyclic) bond motifs is 2. The van der Waals surface area contributed by atoms with Crippen molar-refractivity contribution >= 4 is 46.2 Å². The summed E-state index contributed by atoms with van der Waals surface area (Å²) < 4.78 is 5.44. The molecule has 2 aromatic carbocycles. The fraction of sp³-hybridized carbons (Fsp3) is 0.318. The van der Waals surface area contributed by atoms with E-state index < -0.39 is 0 Å². The van der Waals surface area contributed by atoms with E-state index in [4.69, 9.17) is 27.9 Å². The number of carbonyl (C=O) groups excluding carboxylic acids is 2. The third-order valence-corrected chi connectivity index (χ3v) is 6.42. The van der Waals surface area contributed by atoms with Crippen LogP contribution < -0.4 is 0 Å². The predicted molar refractivity (Wildman–Crippen MR) is 117 cm³/mol. The Morgan fingerprint density at radius 1 is 1.00 bits per heavy atom. The average molecular weight is 459 g/mol. The summed E-state index contributed by atoms with van der Waals surface area (Å²) in [4.78, 5) is 36.3. The molecule has 0 aliphatic carbocycles. The molecule has 1 N–H and O–H groups in total. The molecule has 2 amide bonds. The van der Waals surface area contributed by atoms with Gasteiger partial charge in [0.05, 0.1) is 17.4 Å². The first kappa shape index (κ1) is 20.2. The molecule has 0 spiro atoms. The topological polar surface area (TPSA) is 78.5 Å². The van der Waals surface area contributed by atoms with Gasteiger partial charge < -0.3 is 19.5 Å². The van der Waals surface area contributed by atoms with Gasteiger partial charge in [0, 0.05) is 53.6 Å². The van der Waals surface area contributed by atoms with Crippen LogP contribution in [0.25, 0.3) is 11.0 Å². The summed E-state index contributed by atoms with van der Waals surface area (Å²) in [5.74, 6) is 0.527. The molecule has 3 aromatic rings. The van der Waals surface area contributed by atoms with Gasteiger partial charge in [-0.2, -0.15) is 0 Å². The van der Waals surface area contributed by atoms with Crippen LogP contribution in [0.3, 0.4) is 0 Å². The minimum absolute atomic E-state index is 0.0119. The monoisotopic (exact) mass is 458 g/mol. The van der Waals surface area contributed by atoms with Crippen LogP contribution in [0, 0.1) is 11.8 Å². The lowest BCUT2D eigenvalue weighted by Crippen LogP contribution is -2.35. The summed E-state index contributed by atoms with van der Waals surface area (Å²) >= 11 is 12.0. The second-order valence-corrected chi connectivity index (χ2v) is 8.97. The molecular formula is C22H20Cl2N4O3. The lowest BCUT2D eigenvalue weighted by molar-refractivity contribution is 0.0764. The SMILES string of the molecule is O=C(OCc1cc(Cl)cc(Cl)c1)N1CC2CN(C(=O)c3ccc4nc[nH]c4c3)C[C@@H]2C1. The highest BCUT2D eigenvalue weighted by molar-refractivity contribution is 6.34. The van der Waals surface area contributed by atoms with Crippen molar-refractivity contribution in [1.82, 2.24) is 19.8 Å². The highest BCUT2D eigenvalue weighted by atomic mass is 35.5. The van der Waals surface area contributed by atoms with E-state index in [1.165, 1.54) is 0 Å². The highest BCUT2D eigenvalue weighted by Crippen LogP contribution is 2.32. The number of ether oxygens (including phenoxy) is 1. The Hall–Kier alpha value is -2.77. The number of aromatic amines is 1. The summed E-state index contributed by atoms with van der Waals surface area (Å²) in [5.41, 5.74) is 3.08. The van der Waals surface area contributed by atoms with Crippen LogP contribution in [0.2, 0.25) is 10.0 Å². The van der Waals surface area contributed by atoms with E-state index in [1.807, 2.05) is 23.1 Å². The smallest absolute Gasteiger partial charge is 0.410 e. The van der Waals surface area contributed by atoms with Crippen LogP contribution >= 0.6 is 23.2 Å². The van der Waals surface area contributed by atoms with E-state index in [0.29, 0.717) is 41.8 Å². The fourth-order valence-corrected chi connectivity index (χ4v) is 5.06. The van der Waals surface area contributed by atoms with Crippen LogP contribution in [0.1, 0.15) is 15.9 Å². The number of carbonyl (C=O) groups is 2. The van der Waals surface area contributed by atoms with E-state index in [9.17, 15) is 9.59 Å². The minimum atomic E-state index is -0.354. The zero-order valence-electron chi connectivity index (χ0n) is 16.6. The van der Waals surface area contributed by atoms with E-state index in [2.05, 4.69) is 9.97 Å². The third-order valence-electron chi connectivity index (χ3n) is 5.98. The summed E-state index contributed by atoms with van der Waals surface area (Å²) in [6, 6.07) is 10.6. The molecule has 3 heterocycles. The number of hydrogen-bond acceptors (Lipinski definition) is 4. The van der Waals surface area contributed by atoms with Crippen molar-refractivity contribution in [3.63, 3.8) is 0 Å². The van der Waals surface area contributed by atoms with E-state index in [1.54, 1.807) is 29.4 Å². The lowest BCUT2D eigenvalue weighted by Gasteiger charge is -2.21. The number of amides is 2. The first-order valence-corrected chi connectivity index (χ1v) is 10.8. The van der Waals surface area contributed by atoms with Gasteiger partial charge in [0.25, 0.3) is 5.91 Å². The van der Waals surface area contributed by atoms with Gasteiger partial charge in [0.1, 0.15) is 6.61 Å². The second kappa shape index (κ2) is 8.05. The maximum Gasteiger partial charge on any atom is 0.410 e. The van der Waals surface area contributed by atoms with E-state index in [0.717, 1.165) is 16.6 Å². The standard InChI is InChI=1S/C22H20Cl2N4O3/c23-17-3-13(4-18(24)6-17)11-31-22(30)28-9-15-7-27(8-16(15)10-28)21(29)14-1-2-19-20(5-14)26-12-25-19/h1-6,12,15-16H,7-11H2,(H,25,26)/t15-,16?/m1/s1. The molecule has 5 rings (SSSR count). The first-order chi connectivity index (χ1) is 15.0. The summed E-state index contributed by atoms with van der Waals surface area (Å²) in [6.07, 6.45) is 1.27. The summed E-state index contributed by atoms with van der Waals surface area (Å²) in [7, 11) is 0. The largest absolute Gasteiger partial charge is 0.445 e. The highest BCUT2D eigenvalue weighted by Gasteiger charge is 2.43. The number of benzene rings is 2. The number of likely N-dealkylation sites (tertiary alicyclic amines) is 2. The molecule has 2 fully saturated rings. The third kappa shape index (κ3) is 4.07. The van der Waals surface area contributed by atoms with Crippen molar-refractivity contribution < 1.29 is 14.3 Å². The van der Waals surface area contributed by atoms with Gasteiger partial charge in [-0.05, 0) is 42.0 Å². The van der Waals surface area contributed by atoms with Crippen molar-refractivity contribution in [1.29, 1.82) is 0 Å². The van der Waals surface area contributed by atoms with Crippen LogP contribution in [0.5, 0.6) is 0 Å². The molecule has 2 atom stereocenters. The molecule has 2 aliphatic rings.